The van der Waals surface area contributed by atoms with Crippen molar-refractivity contribution in [2.45, 2.75) is 31.6 Å². The van der Waals surface area contributed by atoms with Crippen LogP contribution in [-0.2, 0) is 22.9 Å². The van der Waals surface area contributed by atoms with Crippen LogP contribution < -0.4 is 14.2 Å². The third-order valence-electron chi connectivity index (χ3n) is 4.06. The van der Waals surface area contributed by atoms with Gasteiger partial charge < -0.3 is 9.47 Å². The first kappa shape index (κ1) is 16.6. The fraction of sp³-hybridized carbons (Fsp3) is 0.333. The molecule has 0 saturated carbocycles. The Balaban J connectivity index is 1.98. The quantitative estimate of drug-likeness (QED) is 0.900. The Bertz CT molecular complexity index is 824. The molecule has 1 N–H and O–H groups in total. The highest BCUT2D eigenvalue weighted by molar-refractivity contribution is 7.92. The second-order valence-corrected chi connectivity index (χ2v) is 7.25. The number of nitrogens with one attached hydrogen (secondary N) is 1. The summed E-state index contributed by atoms with van der Waals surface area (Å²) in [5.74, 6) is 1.03. The number of hydrogen-bond donors (Lipinski definition) is 1. The first-order valence-corrected chi connectivity index (χ1v) is 9.56. The highest BCUT2D eigenvalue weighted by Crippen LogP contribution is 2.33. The van der Waals surface area contributed by atoms with Crippen LogP contribution in [0.25, 0.3) is 0 Å². The van der Waals surface area contributed by atoms with Crippen molar-refractivity contribution in [2.24, 2.45) is 0 Å². The van der Waals surface area contributed by atoms with E-state index in [4.69, 9.17) is 9.47 Å². The molecule has 0 fully saturated rings. The second-order valence-electron chi connectivity index (χ2n) is 5.57. The van der Waals surface area contributed by atoms with Crippen molar-refractivity contribution in [3.8, 4) is 11.5 Å². The molecular weight excluding hydrogens is 326 g/mol. The molecular formula is C18H21NO4S. The van der Waals surface area contributed by atoms with E-state index in [-0.39, 0.29) is 4.90 Å². The van der Waals surface area contributed by atoms with Crippen LogP contribution in [0.2, 0.25) is 0 Å². The zero-order valence-corrected chi connectivity index (χ0v) is 14.7. The van der Waals surface area contributed by atoms with Crippen molar-refractivity contribution in [1.29, 1.82) is 0 Å². The molecule has 1 aliphatic rings. The predicted octanol–water partition coefficient (Wildman–Crippen LogP) is 3.38. The maximum Gasteiger partial charge on any atom is 0.262 e. The highest BCUT2D eigenvalue weighted by Gasteiger charge is 2.21. The summed E-state index contributed by atoms with van der Waals surface area (Å²) in [6.45, 7) is 4.91. The lowest BCUT2D eigenvalue weighted by atomic mass is 10.0. The van der Waals surface area contributed by atoms with Crippen LogP contribution in [0, 0.1) is 0 Å². The summed E-state index contributed by atoms with van der Waals surface area (Å²) in [5.41, 5.74) is 2.64. The monoisotopic (exact) mass is 347 g/mol. The minimum absolute atomic E-state index is 0.166. The Hall–Kier alpha value is -2.21. The van der Waals surface area contributed by atoms with E-state index in [1.165, 1.54) is 12.1 Å². The first-order valence-electron chi connectivity index (χ1n) is 8.08. The Labute approximate surface area is 142 Å². The molecule has 6 heteroatoms. The van der Waals surface area contributed by atoms with Gasteiger partial charge in [-0.05, 0) is 36.1 Å². The second kappa shape index (κ2) is 6.73. The van der Waals surface area contributed by atoms with Gasteiger partial charge in [-0.25, -0.2) is 8.42 Å². The molecule has 0 aromatic heterocycles. The van der Waals surface area contributed by atoms with Crippen LogP contribution in [0.3, 0.4) is 0 Å². The summed E-state index contributed by atoms with van der Waals surface area (Å²) >= 11 is 0. The smallest absolute Gasteiger partial charge is 0.262 e. The third kappa shape index (κ3) is 3.19. The average Bonchev–Trinajstić information content (AvgIpc) is 2.61. The molecule has 24 heavy (non-hydrogen) atoms. The number of ether oxygens (including phenoxy) is 2. The summed E-state index contributed by atoms with van der Waals surface area (Å²) in [6, 6.07) is 10.5. The van der Waals surface area contributed by atoms with Crippen molar-refractivity contribution in [1.82, 2.24) is 0 Å². The summed E-state index contributed by atoms with van der Waals surface area (Å²) in [6.07, 6.45) is 1.51. The van der Waals surface area contributed by atoms with Gasteiger partial charge in [-0.2, -0.15) is 0 Å². The summed E-state index contributed by atoms with van der Waals surface area (Å²) in [4.78, 5) is 0.166. The van der Waals surface area contributed by atoms with E-state index in [0.717, 1.165) is 24.0 Å². The molecule has 0 saturated heterocycles. The van der Waals surface area contributed by atoms with Crippen molar-refractivity contribution >= 4 is 15.7 Å². The summed E-state index contributed by atoms with van der Waals surface area (Å²) in [7, 11) is -3.70. The lowest BCUT2D eigenvalue weighted by Crippen LogP contribution is -2.18. The van der Waals surface area contributed by atoms with Crippen LogP contribution in [0.15, 0.2) is 41.3 Å². The van der Waals surface area contributed by atoms with Gasteiger partial charge in [0.1, 0.15) is 13.2 Å². The van der Waals surface area contributed by atoms with Crippen LogP contribution in [0.4, 0.5) is 5.69 Å². The minimum Gasteiger partial charge on any atom is -0.486 e. The van der Waals surface area contributed by atoms with Gasteiger partial charge in [-0.3, -0.25) is 4.72 Å². The molecule has 2 aromatic carbocycles. The Kier molecular flexibility index (Phi) is 4.66. The maximum absolute atomic E-state index is 12.8. The largest absolute Gasteiger partial charge is 0.486 e. The molecule has 0 radical (unpaired) electrons. The van der Waals surface area contributed by atoms with E-state index in [0.29, 0.717) is 30.4 Å². The topological polar surface area (TPSA) is 64.6 Å². The lowest BCUT2D eigenvalue weighted by Gasteiger charge is -2.20. The van der Waals surface area contributed by atoms with E-state index in [1.54, 1.807) is 6.07 Å². The molecule has 0 atom stereocenters. The van der Waals surface area contributed by atoms with Gasteiger partial charge in [-0.1, -0.05) is 32.0 Å². The molecule has 0 spiro atoms. The van der Waals surface area contributed by atoms with Crippen LogP contribution in [0.1, 0.15) is 25.0 Å². The zero-order valence-electron chi connectivity index (χ0n) is 13.8. The Morgan fingerprint density at radius 3 is 2.21 bits per heavy atom. The van der Waals surface area contributed by atoms with Gasteiger partial charge in [-0.15, -0.1) is 0 Å². The Morgan fingerprint density at radius 2 is 1.58 bits per heavy atom. The number of sulfonamides is 1. The molecule has 0 bridgehead atoms. The molecule has 2 aromatic rings. The van der Waals surface area contributed by atoms with E-state index in [9.17, 15) is 8.42 Å². The van der Waals surface area contributed by atoms with E-state index in [1.807, 2.05) is 32.0 Å². The number of rotatable bonds is 5. The van der Waals surface area contributed by atoms with Crippen molar-refractivity contribution in [3.63, 3.8) is 0 Å². The Morgan fingerprint density at radius 1 is 0.958 bits per heavy atom. The molecule has 0 unspecified atom stereocenters. The fourth-order valence-electron chi connectivity index (χ4n) is 2.76. The molecule has 0 aliphatic carbocycles. The highest BCUT2D eigenvalue weighted by atomic mass is 32.2. The zero-order chi connectivity index (χ0) is 17.2. The minimum atomic E-state index is -3.70. The van der Waals surface area contributed by atoms with Gasteiger partial charge in [0.05, 0.1) is 10.6 Å². The first-order chi connectivity index (χ1) is 11.5. The van der Waals surface area contributed by atoms with E-state index < -0.39 is 10.0 Å². The van der Waals surface area contributed by atoms with Gasteiger partial charge in [0, 0.05) is 6.07 Å². The van der Waals surface area contributed by atoms with Crippen molar-refractivity contribution in [3.05, 3.63) is 47.5 Å². The fourth-order valence-corrected chi connectivity index (χ4v) is 3.92. The van der Waals surface area contributed by atoms with Crippen molar-refractivity contribution in [2.75, 3.05) is 17.9 Å². The molecule has 1 heterocycles. The number of para-hydroxylation sites is 1. The number of benzene rings is 2. The predicted molar refractivity (Wildman–Crippen MR) is 93.4 cm³/mol. The number of anilines is 1. The van der Waals surface area contributed by atoms with Gasteiger partial charge >= 0.3 is 0 Å². The van der Waals surface area contributed by atoms with E-state index in [2.05, 4.69) is 4.72 Å². The summed E-state index contributed by atoms with van der Waals surface area (Å²) < 4.78 is 39.3. The molecule has 3 rings (SSSR count). The SMILES string of the molecule is CCc1cccc(CC)c1NS(=O)(=O)c1ccc2c(c1)OCCO2. The normalized spacial score (nSPS) is 13.6. The van der Waals surface area contributed by atoms with Gasteiger partial charge in [0.2, 0.25) is 0 Å². The van der Waals surface area contributed by atoms with Crippen LogP contribution in [0.5, 0.6) is 11.5 Å². The third-order valence-corrected chi connectivity index (χ3v) is 5.41. The maximum atomic E-state index is 12.8. The number of aryl methyl sites for hydroxylation is 2. The summed E-state index contributed by atoms with van der Waals surface area (Å²) in [5, 5.41) is 0. The van der Waals surface area contributed by atoms with Crippen LogP contribution >= 0.6 is 0 Å². The molecule has 5 nitrogen and oxygen atoms in total. The molecule has 0 amide bonds. The lowest BCUT2D eigenvalue weighted by molar-refractivity contribution is 0.171. The van der Waals surface area contributed by atoms with Gasteiger partial charge in [0.25, 0.3) is 10.0 Å². The molecule has 128 valence electrons. The molecule has 1 aliphatic heterocycles. The van der Waals surface area contributed by atoms with Gasteiger partial charge in [0.15, 0.2) is 11.5 Å². The van der Waals surface area contributed by atoms with E-state index >= 15 is 0 Å². The van der Waals surface area contributed by atoms with Crippen LogP contribution in [-0.4, -0.2) is 21.6 Å². The standard InChI is InChI=1S/C18H21NO4S/c1-3-13-6-5-7-14(4-2)18(13)19-24(20,21)15-8-9-16-17(12-15)23-11-10-22-16/h5-9,12,19H,3-4,10-11H2,1-2H3. The van der Waals surface area contributed by atoms with Crippen molar-refractivity contribution < 1.29 is 17.9 Å². The number of hydrogen-bond acceptors (Lipinski definition) is 4. The average molecular weight is 347 g/mol. The number of fused-ring (bicyclic) bond motifs is 1.